The molecule has 4 heteroatoms. The number of hydrogen-bond donors (Lipinski definition) is 2. The summed E-state index contributed by atoms with van der Waals surface area (Å²) in [5.41, 5.74) is 0. The van der Waals surface area contributed by atoms with E-state index in [1.807, 2.05) is 6.92 Å². The quantitative estimate of drug-likeness (QED) is 0.578. The molecule has 0 aliphatic carbocycles. The third-order valence-corrected chi connectivity index (χ3v) is 0.766. The molecular formula is C5H12ClNO2. The lowest BCUT2D eigenvalue weighted by Crippen LogP contribution is -2.16. The van der Waals surface area contributed by atoms with Crippen molar-refractivity contribution in [1.82, 2.24) is 5.32 Å². The first-order valence-corrected chi connectivity index (χ1v) is 2.70. The Morgan fingerprint density at radius 2 is 2.22 bits per heavy atom. The van der Waals surface area contributed by atoms with E-state index < -0.39 is 5.97 Å². The molecule has 0 unspecified atom stereocenters. The van der Waals surface area contributed by atoms with Crippen molar-refractivity contribution in [2.24, 2.45) is 0 Å². The van der Waals surface area contributed by atoms with Gasteiger partial charge in [0.15, 0.2) is 0 Å². The van der Waals surface area contributed by atoms with E-state index >= 15 is 0 Å². The van der Waals surface area contributed by atoms with E-state index in [4.69, 9.17) is 5.11 Å². The Morgan fingerprint density at radius 1 is 1.67 bits per heavy atom. The molecule has 56 valence electrons. The highest BCUT2D eigenvalue weighted by atomic mass is 35.5. The summed E-state index contributed by atoms with van der Waals surface area (Å²) in [6, 6.07) is 0. The Bertz CT molecular complexity index is 77.4. The lowest BCUT2D eigenvalue weighted by molar-refractivity contribution is -0.136. The number of aliphatic carboxylic acids is 1. The summed E-state index contributed by atoms with van der Waals surface area (Å²) in [6.07, 6.45) is 0.216. The van der Waals surface area contributed by atoms with Crippen LogP contribution in [-0.4, -0.2) is 24.2 Å². The summed E-state index contributed by atoms with van der Waals surface area (Å²) in [5, 5.41) is 11.0. The summed E-state index contributed by atoms with van der Waals surface area (Å²) in [7, 11) is 0. The van der Waals surface area contributed by atoms with Crippen LogP contribution in [0.4, 0.5) is 0 Å². The monoisotopic (exact) mass is 153 g/mol. The highest BCUT2D eigenvalue weighted by Crippen LogP contribution is 1.72. The number of hydrogen-bond acceptors (Lipinski definition) is 2. The molecule has 0 aromatic heterocycles. The van der Waals surface area contributed by atoms with E-state index in [-0.39, 0.29) is 18.8 Å². The zero-order chi connectivity index (χ0) is 6.41. The van der Waals surface area contributed by atoms with Crippen LogP contribution in [0, 0.1) is 0 Å². The molecular weight excluding hydrogens is 142 g/mol. The van der Waals surface area contributed by atoms with Gasteiger partial charge in [0.2, 0.25) is 0 Å². The molecule has 2 N–H and O–H groups in total. The third kappa shape index (κ3) is 11.3. The van der Waals surface area contributed by atoms with Gasteiger partial charge in [-0.25, -0.2) is 0 Å². The van der Waals surface area contributed by atoms with Gasteiger partial charge in [0.1, 0.15) is 0 Å². The van der Waals surface area contributed by atoms with Crippen LogP contribution in [0.3, 0.4) is 0 Å². The van der Waals surface area contributed by atoms with Crippen molar-refractivity contribution >= 4 is 18.4 Å². The van der Waals surface area contributed by atoms with Crippen molar-refractivity contribution in [2.45, 2.75) is 13.3 Å². The fraction of sp³-hybridized carbons (Fsp3) is 0.800. The van der Waals surface area contributed by atoms with E-state index in [1.165, 1.54) is 0 Å². The molecule has 0 saturated heterocycles. The summed E-state index contributed by atoms with van der Waals surface area (Å²) >= 11 is 0. The van der Waals surface area contributed by atoms with Gasteiger partial charge in [-0.2, -0.15) is 0 Å². The van der Waals surface area contributed by atoms with Gasteiger partial charge in [-0.05, 0) is 6.54 Å². The molecule has 3 nitrogen and oxygen atoms in total. The lowest BCUT2D eigenvalue weighted by Gasteiger charge is -1.93. The second kappa shape index (κ2) is 7.72. The van der Waals surface area contributed by atoms with E-state index in [1.54, 1.807) is 0 Å². The topological polar surface area (TPSA) is 49.3 Å². The molecule has 0 aromatic carbocycles. The zero-order valence-electron chi connectivity index (χ0n) is 5.39. The average Bonchev–Trinajstić information content (AvgIpc) is 1.66. The smallest absolute Gasteiger partial charge is 0.304 e. The van der Waals surface area contributed by atoms with Gasteiger partial charge < -0.3 is 10.4 Å². The second-order valence-corrected chi connectivity index (χ2v) is 1.50. The maximum atomic E-state index is 9.83. The third-order valence-electron chi connectivity index (χ3n) is 0.766. The number of carboxylic acid groups (broad SMARTS) is 1. The number of carboxylic acids is 1. The van der Waals surface area contributed by atoms with Crippen molar-refractivity contribution in [1.29, 1.82) is 0 Å². The fourth-order valence-electron chi connectivity index (χ4n) is 0.372. The van der Waals surface area contributed by atoms with Crippen LogP contribution in [0.15, 0.2) is 0 Å². The molecule has 9 heavy (non-hydrogen) atoms. The van der Waals surface area contributed by atoms with E-state index in [0.717, 1.165) is 6.54 Å². The Hall–Kier alpha value is -0.280. The highest BCUT2D eigenvalue weighted by Gasteiger charge is 1.91. The maximum Gasteiger partial charge on any atom is 0.304 e. The van der Waals surface area contributed by atoms with Crippen LogP contribution in [0.25, 0.3) is 0 Å². The Labute approximate surface area is 60.9 Å². The number of carbonyl (C=O) groups is 1. The Morgan fingerprint density at radius 3 is 2.56 bits per heavy atom. The molecule has 0 aliphatic heterocycles. The summed E-state index contributed by atoms with van der Waals surface area (Å²) < 4.78 is 0. The van der Waals surface area contributed by atoms with Gasteiger partial charge in [0.25, 0.3) is 0 Å². The van der Waals surface area contributed by atoms with Crippen LogP contribution in [0.5, 0.6) is 0 Å². The SMILES string of the molecule is CCNCCC(=O)O.Cl. The minimum absolute atomic E-state index is 0. The molecule has 0 rings (SSSR count). The van der Waals surface area contributed by atoms with Crippen LogP contribution in [0.2, 0.25) is 0 Å². The molecule has 0 bridgehead atoms. The average molecular weight is 154 g/mol. The number of rotatable bonds is 4. The molecule has 0 saturated carbocycles. The van der Waals surface area contributed by atoms with Crippen LogP contribution in [0.1, 0.15) is 13.3 Å². The van der Waals surface area contributed by atoms with Gasteiger partial charge in [-0.15, -0.1) is 12.4 Å². The van der Waals surface area contributed by atoms with E-state index in [9.17, 15) is 4.79 Å². The van der Waals surface area contributed by atoms with Gasteiger partial charge >= 0.3 is 5.97 Å². The lowest BCUT2D eigenvalue weighted by atomic mass is 10.4. The normalized spacial score (nSPS) is 8.11. The first-order chi connectivity index (χ1) is 3.77. The molecule has 0 aromatic rings. The van der Waals surface area contributed by atoms with Crippen LogP contribution < -0.4 is 5.32 Å². The summed E-state index contributed by atoms with van der Waals surface area (Å²) in [6.45, 7) is 3.36. The largest absolute Gasteiger partial charge is 0.481 e. The molecule has 0 fully saturated rings. The second-order valence-electron chi connectivity index (χ2n) is 1.50. The molecule has 0 atom stereocenters. The van der Waals surface area contributed by atoms with E-state index in [2.05, 4.69) is 5.32 Å². The molecule has 0 radical (unpaired) electrons. The Balaban J connectivity index is 0. The number of halogens is 1. The van der Waals surface area contributed by atoms with Crippen molar-refractivity contribution in [3.8, 4) is 0 Å². The van der Waals surface area contributed by atoms with Gasteiger partial charge in [-0.1, -0.05) is 6.92 Å². The van der Waals surface area contributed by atoms with Crippen molar-refractivity contribution in [3.63, 3.8) is 0 Å². The predicted molar refractivity (Wildman–Crippen MR) is 38.0 cm³/mol. The van der Waals surface area contributed by atoms with Crippen LogP contribution in [-0.2, 0) is 4.79 Å². The zero-order valence-corrected chi connectivity index (χ0v) is 6.20. The van der Waals surface area contributed by atoms with Gasteiger partial charge in [0.05, 0.1) is 6.42 Å². The molecule has 0 aliphatic rings. The van der Waals surface area contributed by atoms with Crippen molar-refractivity contribution < 1.29 is 9.90 Å². The van der Waals surface area contributed by atoms with Crippen molar-refractivity contribution in [3.05, 3.63) is 0 Å². The minimum atomic E-state index is -0.744. The number of nitrogens with one attached hydrogen (secondary N) is 1. The Kier molecular flexibility index (Phi) is 9.87. The van der Waals surface area contributed by atoms with Crippen molar-refractivity contribution in [2.75, 3.05) is 13.1 Å². The maximum absolute atomic E-state index is 9.83. The van der Waals surface area contributed by atoms with Crippen LogP contribution >= 0.6 is 12.4 Å². The molecule has 0 amide bonds. The summed E-state index contributed by atoms with van der Waals surface area (Å²) in [5.74, 6) is -0.744. The first-order valence-electron chi connectivity index (χ1n) is 2.70. The van der Waals surface area contributed by atoms with Gasteiger partial charge in [0, 0.05) is 6.54 Å². The predicted octanol–water partition coefficient (Wildman–Crippen LogP) is 0.492. The van der Waals surface area contributed by atoms with E-state index in [0.29, 0.717) is 6.54 Å². The minimum Gasteiger partial charge on any atom is -0.481 e. The molecule has 0 spiro atoms. The highest BCUT2D eigenvalue weighted by molar-refractivity contribution is 5.85. The summed E-state index contributed by atoms with van der Waals surface area (Å²) in [4.78, 5) is 9.83. The standard InChI is InChI=1S/C5H11NO2.ClH/c1-2-6-4-3-5(7)8;/h6H,2-4H2,1H3,(H,7,8);1H. The van der Waals surface area contributed by atoms with Gasteiger partial charge in [-0.3, -0.25) is 4.79 Å². The fourth-order valence-corrected chi connectivity index (χ4v) is 0.372. The first kappa shape index (κ1) is 11.5. The molecule has 0 heterocycles.